The van der Waals surface area contributed by atoms with E-state index in [4.69, 9.17) is 0 Å². The van der Waals surface area contributed by atoms with E-state index < -0.39 is 28.7 Å². The highest BCUT2D eigenvalue weighted by Crippen LogP contribution is 2.28. The Morgan fingerprint density at radius 3 is 2.53 bits per heavy atom. The number of imide groups is 1. The molecular formula is C22H20N4O6. The average molecular weight is 436 g/mol. The van der Waals surface area contributed by atoms with Crippen LogP contribution < -0.4 is 10.2 Å². The molecule has 2 aromatic carbocycles. The monoisotopic (exact) mass is 436 g/mol. The van der Waals surface area contributed by atoms with Crippen LogP contribution >= 0.6 is 0 Å². The van der Waals surface area contributed by atoms with Crippen LogP contribution in [0.1, 0.15) is 23.7 Å². The van der Waals surface area contributed by atoms with Gasteiger partial charge in [0.1, 0.15) is 6.04 Å². The predicted molar refractivity (Wildman–Crippen MR) is 116 cm³/mol. The zero-order chi connectivity index (χ0) is 23.4. The minimum Gasteiger partial charge on any atom is -0.326 e. The van der Waals surface area contributed by atoms with Crippen LogP contribution in [0.15, 0.2) is 61.2 Å². The van der Waals surface area contributed by atoms with Gasteiger partial charge in [-0.3, -0.25) is 29.3 Å². The molecule has 0 saturated carbocycles. The van der Waals surface area contributed by atoms with Gasteiger partial charge in [0.05, 0.1) is 17.0 Å². The number of carbonyl (C=O) groups excluding carboxylic acids is 4. The first-order valence-electron chi connectivity index (χ1n) is 9.63. The Hall–Kier alpha value is -4.34. The number of benzene rings is 2. The molecule has 0 aromatic heterocycles. The largest absolute Gasteiger partial charge is 0.326 e. The van der Waals surface area contributed by atoms with E-state index in [0.717, 1.165) is 11.0 Å². The second-order valence-corrected chi connectivity index (χ2v) is 7.07. The van der Waals surface area contributed by atoms with Crippen LogP contribution in [-0.2, 0) is 14.4 Å². The summed E-state index contributed by atoms with van der Waals surface area (Å²) in [5.41, 5.74) is 0.576. The summed E-state index contributed by atoms with van der Waals surface area (Å²) in [4.78, 5) is 62.6. The Kier molecular flexibility index (Phi) is 6.43. The zero-order valence-corrected chi connectivity index (χ0v) is 17.2. The lowest BCUT2D eigenvalue weighted by atomic mass is 10.1. The van der Waals surface area contributed by atoms with Crippen molar-refractivity contribution in [1.82, 2.24) is 4.90 Å². The summed E-state index contributed by atoms with van der Waals surface area (Å²) in [5, 5.41) is 13.6. The van der Waals surface area contributed by atoms with Crippen LogP contribution in [0.4, 0.5) is 17.1 Å². The summed E-state index contributed by atoms with van der Waals surface area (Å²) >= 11 is 0. The van der Waals surface area contributed by atoms with Gasteiger partial charge in [-0.05, 0) is 30.3 Å². The highest BCUT2D eigenvalue weighted by molar-refractivity contribution is 6.23. The maximum atomic E-state index is 13.1. The van der Waals surface area contributed by atoms with E-state index in [0.29, 0.717) is 11.4 Å². The molecule has 1 unspecified atom stereocenters. The van der Waals surface area contributed by atoms with Crippen molar-refractivity contribution in [2.24, 2.45) is 0 Å². The molecule has 0 bridgehead atoms. The predicted octanol–water partition coefficient (Wildman–Crippen LogP) is 2.51. The maximum Gasteiger partial charge on any atom is 0.270 e. The van der Waals surface area contributed by atoms with Crippen molar-refractivity contribution in [2.75, 3.05) is 16.8 Å². The summed E-state index contributed by atoms with van der Waals surface area (Å²) in [7, 11) is 0. The maximum absolute atomic E-state index is 13.1. The molecule has 0 radical (unpaired) electrons. The number of nitrogens with one attached hydrogen (secondary N) is 1. The minimum absolute atomic E-state index is 0.0272. The minimum atomic E-state index is -1.08. The zero-order valence-electron chi connectivity index (χ0n) is 17.2. The van der Waals surface area contributed by atoms with Crippen molar-refractivity contribution in [2.45, 2.75) is 19.4 Å². The first kappa shape index (κ1) is 22.3. The number of nitro benzene ring substituents is 1. The molecule has 0 spiro atoms. The third-order valence-corrected chi connectivity index (χ3v) is 4.84. The Morgan fingerprint density at radius 2 is 1.94 bits per heavy atom. The molecular weight excluding hydrogens is 416 g/mol. The third kappa shape index (κ3) is 4.53. The number of nitro groups is 1. The Balaban J connectivity index is 1.87. The number of amides is 4. The number of rotatable bonds is 7. The van der Waals surface area contributed by atoms with Crippen LogP contribution in [-0.4, -0.2) is 46.0 Å². The average Bonchev–Trinajstić information content (AvgIpc) is 3.05. The van der Waals surface area contributed by atoms with Crippen molar-refractivity contribution in [3.63, 3.8) is 0 Å². The molecule has 1 aliphatic heterocycles. The molecule has 164 valence electrons. The van der Waals surface area contributed by atoms with E-state index in [-0.39, 0.29) is 30.1 Å². The van der Waals surface area contributed by atoms with Gasteiger partial charge in [0.15, 0.2) is 0 Å². The normalized spacial score (nSPS) is 15.4. The van der Waals surface area contributed by atoms with Gasteiger partial charge < -0.3 is 10.2 Å². The van der Waals surface area contributed by atoms with Crippen molar-refractivity contribution in [1.29, 1.82) is 0 Å². The molecule has 2 aromatic rings. The second kappa shape index (κ2) is 9.21. The summed E-state index contributed by atoms with van der Waals surface area (Å²) in [6.07, 6.45) is 1.18. The Morgan fingerprint density at radius 1 is 1.25 bits per heavy atom. The van der Waals surface area contributed by atoms with E-state index in [1.54, 1.807) is 12.1 Å². The molecule has 0 aliphatic carbocycles. The van der Waals surface area contributed by atoms with E-state index in [1.165, 1.54) is 48.2 Å². The molecule has 10 heteroatoms. The first-order valence-corrected chi connectivity index (χ1v) is 9.63. The van der Waals surface area contributed by atoms with Crippen molar-refractivity contribution >= 4 is 40.7 Å². The third-order valence-electron chi connectivity index (χ3n) is 4.84. The second-order valence-electron chi connectivity index (χ2n) is 7.07. The number of hydrogen-bond donors (Lipinski definition) is 1. The van der Waals surface area contributed by atoms with Crippen LogP contribution in [0.5, 0.6) is 0 Å². The molecule has 32 heavy (non-hydrogen) atoms. The molecule has 1 aliphatic rings. The fourth-order valence-electron chi connectivity index (χ4n) is 3.44. The van der Waals surface area contributed by atoms with Gasteiger partial charge >= 0.3 is 0 Å². The summed E-state index contributed by atoms with van der Waals surface area (Å²) in [6.45, 7) is 4.93. The smallest absolute Gasteiger partial charge is 0.270 e. The molecule has 1 N–H and O–H groups in total. The first-order chi connectivity index (χ1) is 15.2. The number of hydrogen-bond acceptors (Lipinski definition) is 6. The molecule has 3 rings (SSSR count). The summed E-state index contributed by atoms with van der Waals surface area (Å²) in [6, 6.07) is 10.2. The standard InChI is InChI=1S/C22H20N4O6/c1-3-11-24(21(29)15-5-4-6-18(12-15)26(31)32)19-13-20(28)25(22(19)30)17-9-7-16(8-10-17)23-14(2)27/h3-10,12,19H,1,11,13H2,2H3,(H,23,27). The van der Waals surface area contributed by atoms with Gasteiger partial charge in [-0.1, -0.05) is 12.1 Å². The molecule has 4 amide bonds. The van der Waals surface area contributed by atoms with Crippen LogP contribution in [0.25, 0.3) is 0 Å². The topological polar surface area (TPSA) is 130 Å². The lowest BCUT2D eigenvalue weighted by molar-refractivity contribution is -0.384. The lowest BCUT2D eigenvalue weighted by Gasteiger charge is -2.26. The van der Waals surface area contributed by atoms with Gasteiger partial charge in [-0.15, -0.1) is 6.58 Å². The Labute approximate surface area is 183 Å². The van der Waals surface area contributed by atoms with Crippen LogP contribution in [0.3, 0.4) is 0 Å². The fourth-order valence-corrected chi connectivity index (χ4v) is 3.44. The summed E-state index contributed by atoms with van der Waals surface area (Å²) < 4.78 is 0. The van der Waals surface area contributed by atoms with Gasteiger partial charge in [-0.25, -0.2) is 4.90 Å². The molecule has 1 heterocycles. The number of nitrogens with zero attached hydrogens (tertiary/aromatic N) is 3. The molecule has 1 fully saturated rings. The number of anilines is 2. The summed E-state index contributed by atoms with van der Waals surface area (Å²) in [5.74, 6) is -1.97. The van der Waals surface area contributed by atoms with Gasteiger partial charge in [0.25, 0.3) is 17.5 Å². The van der Waals surface area contributed by atoms with Crippen molar-refractivity contribution in [3.05, 3.63) is 76.9 Å². The number of non-ortho nitro benzene ring substituents is 1. The van der Waals surface area contributed by atoms with E-state index in [9.17, 15) is 29.3 Å². The van der Waals surface area contributed by atoms with Gasteiger partial charge in [0.2, 0.25) is 11.8 Å². The van der Waals surface area contributed by atoms with E-state index in [1.807, 2.05) is 0 Å². The molecule has 1 atom stereocenters. The van der Waals surface area contributed by atoms with E-state index in [2.05, 4.69) is 11.9 Å². The Bertz CT molecular complexity index is 1110. The van der Waals surface area contributed by atoms with E-state index >= 15 is 0 Å². The van der Waals surface area contributed by atoms with Gasteiger partial charge in [-0.2, -0.15) is 0 Å². The quantitative estimate of drug-likeness (QED) is 0.307. The highest BCUT2D eigenvalue weighted by atomic mass is 16.6. The fraction of sp³-hybridized carbons (Fsp3) is 0.182. The number of carbonyl (C=O) groups is 4. The molecule has 10 nitrogen and oxygen atoms in total. The molecule has 1 saturated heterocycles. The van der Waals surface area contributed by atoms with Crippen LogP contribution in [0.2, 0.25) is 0 Å². The lowest BCUT2D eigenvalue weighted by Crippen LogP contribution is -2.45. The van der Waals surface area contributed by atoms with Crippen molar-refractivity contribution < 1.29 is 24.1 Å². The van der Waals surface area contributed by atoms with Gasteiger partial charge in [0, 0.05) is 36.9 Å². The van der Waals surface area contributed by atoms with Crippen molar-refractivity contribution in [3.8, 4) is 0 Å². The SMILES string of the molecule is C=CCN(C(=O)c1cccc([N+](=O)[O-])c1)C1CC(=O)N(c2ccc(NC(C)=O)cc2)C1=O. The highest BCUT2D eigenvalue weighted by Gasteiger charge is 2.44. The van der Waals surface area contributed by atoms with Crippen LogP contribution in [0, 0.1) is 10.1 Å².